The molecule has 6 heteroatoms. The average molecular weight is 414 g/mol. The van der Waals surface area contributed by atoms with Gasteiger partial charge in [-0.1, -0.05) is 29.8 Å². The number of aromatic nitrogens is 1. The molecule has 1 aromatic heterocycles. The normalized spacial score (nSPS) is 11.1. The fourth-order valence-corrected chi connectivity index (χ4v) is 3.23. The van der Waals surface area contributed by atoms with Gasteiger partial charge in [0.2, 0.25) is 0 Å². The summed E-state index contributed by atoms with van der Waals surface area (Å²) in [6.07, 6.45) is 5.10. The summed E-state index contributed by atoms with van der Waals surface area (Å²) in [5.41, 5.74) is 2.38. The van der Waals surface area contributed by atoms with Crippen molar-refractivity contribution < 1.29 is 14.3 Å². The Hall–Kier alpha value is -2.50. The van der Waals surface area contributed by atoms with E-state index in [-0.39, 0.29) is 6.61 Å². The van der Waals surface area contributed by atoms with E-state index < -0.39 is 5.97 Å². The van der Waals surface area contributed by atoms with Crippen LogP contribution >= 0.6 is 23.4 Å². The Morgan fingerprint density at radius 2 is 1.96 bits per heavy atom. The first-order chi connectivity index (χ1) is 13.6. The van der Waals surface area contributed by atoms with Gasteiger partial charge < -0.3 is 9.47 Å². The maximum absolute atomic E-state index is 12.0. The zero-order valence-corrected chi connectivity index (χ0v) is 17.2. The summed E-state index contributed by atoms with van der Waals surface area (Å²) >= 11 is 7.90. The average Bonchev–Trinajstić information content (AvgIpc) is 2.71. The van der Waals surface area contributed by atoms with Gasteiger partial charge in [-0.15, -0.1) is 11.8 Å². The number of hydrogen-bond donors (Lipinski definition) is 0. The van der Waals surface area contributed by atoms with Gasteiger partial charge in [0.05, 0.1) is 12.1 Å². The lowest BCUT2D eigenvalue weighted by molar-refractivity contribution is -0.138. The summed E-state index contributed by atoms with van der Waals surface area (Å²) < 4.78 is 10.7. The number of ether oxygens (including phenoxy) is 2. The third kappa shape index (κ3) is 5.27. The van der Waals surface area contributed by atoms with E-state index in [1.54, 1.807) is 17.8 Å². The molecule has 0 atom stereocenters. The van der Waals surface area contributed by atoms with E-state index in [0.29, 0.717) is 17.3 Å². The third-order valence-electron chi connectivity index (χ3n) is 4.02. The molecule has 0 spiro atoms. The molecule has 0 N–H and O–H groups in total. The summed E-state index contributed by atoms with van der Waals surface area (Å²) in [5, 5.41) is 1.30. The van der Waals surface area contributed by atoms with Crippen LogP contribution in [0.5, 0.6) is 5.75 Å². The van der Waals surface area contributed by atoms with Crippen molar-refractivity contribution in [3.8, 4) is 5.75 Å². The van der Waals surface area contributed by atoms with Crippen molar-refractivity contribution in [2.75, 3.05) is 12.9 Å². The van der Waals surface area contributed by atoms with E-state index >= 15 is 0 Å². The molecule has 0 amide bonds. The van der Waals surface area contributed by atoms with Gasteiger partial charge in [0.1, 0.15) is 17.5 Å². The first-order valence-corrected chi connectivity index (χ1v) is 10.4. The van der Waals surface area contributed by atoms with Crippen molar-refractivity contribution in [2.45, 2.75) is 18.4 Å². The van der Waals surface area contributed by atoms with Crippen LogP contribution in [-0.2, 0) is 16.1 Å². The first kappa shape index (κ1) is 20.2. The highest BCUT2D eigenvalue weighted by Gasteiger charge is 2.08. The Balaban J connectivity index is 1.62. The Kier molecular flexibility index (Phi) is 6.95. The SMILES string of the molecule is CCOc1ccc(/C=C/C(=O)OCc2cc3ccc(SC)cc3nc2Cl)cc1. The molecular formula is C22H20ClNO3S. The molecule has 3 rings (SSSR count). The molecule has 3 aromatic rings. The molecule has 0 bridgehead atoms. The number of benzene rings is 2. The van der Waals surface area contributed by atoms with Crippen molar-refractivity contribution in [1.29, 1.82) is 0 Å². The topological polar surface area (TPSA) is 48.4 Å². The van der Waals surface area contributed by atoms with E-state index in [0.717, 1.165) is 27.1 Å². The molecule has 0 aliphatic carbocycles. The summed E-state index contributed by atoms with van der Waals surface area (Å²) in [4.78, 5) is 17.5. The highest BCUT2D eigenvalue weighted by Crippen LogP contribution is 2.25. The molecule has 28 heavy (non-hydrogen) atoms. The summed E-state index contributed by atoms with van der Waals surface area (Å²) in [6, 6.07) is 15.4. The van der Waals surface area contributed by atoms with Gasteiger partial charge in [0, 0.05) is 21.9 Å². The van der Waals surface area contributed by atoms with Crippen molar-refractivity contribution in [2.24, 2.45) is 0 Å². The van der Waals surface area contributed by atoms with E-state index in [2.05, 4.69) is 4.98 Å². The number of halogens is 1. The highest BCUT2D eigenvalue weighted by atomic mass is 35.5. The quantitative estimate of drug-likeness (QED) is 0.213. The minimum absolute atomic E-state index is 0.0680. The van der Waals surface area contributed by atoms with Gasteiger partial charge in [-0.3, -0.25) is 0 Å². The molecule has 0 saturated carbocycles. The lowest BCUT2D eigenvalue weighted by atomic mass is 10.1. The Labute approximate surface area is 173 Å². The predicted octanol–water partition coefficient (Wildman–Crippen LogP) is 5.77. The molecule has 0 unspecified atom stereocenters. The zero-order valence-electron chi connectivity index (χ0n) is 15.6. The van der Waals surface area contributed by atoms with E-state index in [1.807, 2.05) is 61.7 Å². The van der Waals surface area contributed by atoms with E-state index in [9.17, 15) is 4.79 Å². The number of hydrogen-bond acceptors (Lipinski definition) is 5. The molecule has 0 aliphatic heterocycles. The summed E-state index contributed by atoms with van der Waals surface area (Å²) in [6.45, 7) is 2.62. The van der Waals surface area contributed by atoms with Crippen LogP contribution in [0.1, 0.15) is 18.1 Å². The van der Waals surface area contributed by atoms with Crippen molar-refractivity contribution in [1.82, 2.24) is 4.98 Å². The largest absolute Gasteiger partial charge is 0.494 e. The zero-order chi connectivity index (χ0) is 19.9. The van der Waals surface area contributed by atoms with E-state index in [4.69, 9.17) is 21.1 Å². The predicted molar refractivity (Wildman–Crippen MR) is 115 cm³/mol. The van der Waals surface area contributed by atoms with Gasteiger partial charge in [0.15, 0.2) is 0 Å². The maximum Gasteiger partial charge on any atom is 0.331 e. The third-order valence-corrected chi connectivity index (χ3v) is 5.08. The monoisotopic (exact) mass is 413 g/mol. The highest BCUT2D eigenvalue weighted by molar-refractivity contribution is 7.98. The van der Waals surface area contributed by atoms with Gasteiger partial charge in [-0.05, 0) is 55.2 Å². The number of thioether (sulfide) groups is 1. The van der Waals surface area contributed by atoms with Crippen molar-refractivity contribution in [3.63, 3.8) is 0 Å². The first-order valence-electron chi connectivity index (χ1n) is 8.80. The second-order valence-corrected chi connectivity index (χ2v) is 7.18. The summed E-state index contributed by atoms with van der Waals surface area (Å²) in [7, 11) is 0. The van der Waals surface area contributed by atoms with Crippen molar-refractivity contribution in [3.05, 3.63) is 70.9 Å². The number of carbonyl (C=O) groups excluding carboxylic acids is 1. The minimum Gasteiger partial charge on any atom is -0.494 e. The molecule has 0 fully saturated rings. The van der Waals surface area contributed by atoms with Gasteiger partial charge in [-0.25, -0.2) is 9.78 Å². The van der Waals surface area contributed by atoms with Gasteiger partial charge >= 0.3 is 5.97 Å². The molecule has 4 nitrogen and oxygen atoms in total. The van der Waals surface area contributed by atoms with Crippen LogP contribution < -0.4 is 4.74 Å². The maximum atomic E-state index is 12.0. The fourth-order valence-electron chi connectivity index (χ4n) is 2.60. The smallest absolute Gasteiger partial charge is 0.331 e. The number of fused-ring (bicyclic) bond motifs is 1. The number of carbonyl (C=O) groups is 1. The standard InChI is InChI=1S/C22H20ClNO3S/c1-3-26-18-8-4-15(5-9-18)6-11-21(25)27-14-17-12-16-7-10-19(28-2)13-20(16)24-22(17)23/h4-13H,3,14H2,1-2H3/b11-6+. The van der Waals surface area contributed by atoms with Crippen LogP contribution in [0.15, 0.2) is 59.5 Å². The van der Waals surface area contributed by atoms with Crippen LogP contribution in [0.4, 0.5) is 0 Å². The lowest BCUT2D eigenvalue weighted by Crippen LogP contribution is -2.02. The molecule has 1 heterocycles. The Morgan fingerprint density at radius 1 is 1.18 bits per heavy atom. The molecule has 0 aliphatic rings. The molecule has 144 valence electrons. The molecular weight excluding hydrogens is 394 g/mol. The molecule has 2 aromatic carbocycles. The van der Waals surface area contributed by atoms with Crippen LogP contribution in [0.3, 0.4) is 0 Å². The van der Waals surface area contributed by atoms with Gasteiger partial charge in [-0.2, -0.15) is 0 Å². The van der Waals surface area contributed by atoms with E-state index in [1.165, 1.54) is 6.08 Å². The second kappa shape index (κ2) is 9.62. The number of nitrogens with zero attached hydrogens (tertiary/aromatic N) is 1. The Bertz CT molecular complexity index is 1000. The van der Waals surface area contributed by atoms with Crippen molar-refractivity contribution >= 4 is 46.3 Å². The van der Waals surface area contributed by atoms with Crippen LogP contribution in [0, 0.1) is 0 Å². The fraction of sp³-hybridized carbons (Fsp3) is 0.182. The Morgan fingerprint density at radius 3 is 2.68 bits per heavy atom. The van der Waals surface area contributed by atoms with Crippen LogP contribution in [0.2, 0.25) is 5.15 Å². The minimum atomic E-state index is -0.442. The van der Waals surface area contributed by atoms with Crippen LogP contribution in [-0.4, -0.2) is 23.8 Å². The number of esters is 1. The number of rotatable bonds is 7. The number of pyridine rings is 1. The molecule has 0 saturated heterocycles. The molecule has 0 radical (unpaired) electrons. The lowest BCUT2D eigenvalue weighted by Gasteiger charge is -2.07. The summed E-state index contributed by atoms with van der Waals surface area (Å²) in [5.74, 6) is 0.355. The van der Waals surface area contributed by atoms with Gasteiger partial charge in [0.25, 0.3) is 0 Å². The second-order valence-electron chi connectivity index (χ2n) is 5.94. The van der Waals surface area contributed by atoms with Crippen LogP contribution in [0.25, 0.3) is 17.0 Å².